The molecule has 2 rings (SSSR count). The second-order valence-electron chi connectivity index (χ2n) is 2.58. The van der Waals surface area contributed by atoms with E-state index in [4.69, 9.17) is 9.52 Å². The van der Waals surface area contributed by atoms with Gasteiger partial charge in [-0.2, -0.15) is 0 Å². The monoisotopic (exact) mass is 230 g/mol. The predicted octanol–water partition coefficient (Wildman–Crippen LogP) is 0.786. The Kier molecular flexibility index (Phi) is 4.62. The molecule has 0 spiro atoms. The Bertz CT molecular complexity index is 455. The van der Waals surface area contributed by atoms with E-state index in [0.29, 0.717) is 5.56 Å². The van der Waals surface area contributed by atoms with Crippen LogP contribution in [0.2, 0.25) is 0 Å². The Balaban J connectivity index is 0.00000112. The number of pyridine rings is 1. The van der Waals surface area contributed by atoms with Gasteiger partial charge < -0.3 is 9.52 Å². The molecule has 1 N–H and O–H groups in total. The van der Waals surface area contributed by atoms with Gasteiger partial charge in [-0.3, -0.25) is 4.98 Å². The number of nitrogens with zero attached hydrogens (tertiary/aromatic N) is 2. The Hall–Kier alpha value is -0.534. The number of oxazole rings is 1. The molecule has 0 bridgehead atoms. The number of hydrogen-bond donors (Lipinski definition) is 1. The minimum absolute atomic E-state index is 0. The van der Waals surface area contributed by atoms with Crippen LogP contribution in [0.15, 0.2) is 35.2 Å². The second kappa shape index (κ2) is 5.52. The molecule has 0 radical (unpaired) electrons. The molecule has 2 aromatic heterocycles. The molecular formula is C9H7KN2O3. The molecule has 0 aromatic carbocycles. The van der Waals surface area contributed by atoms with E-state index in [1.54, 1.807) is 24.5 Å². The van der Waals surface area contributed by atoms with E-state index in [-0.39, 0.29) is 63.0 Å². The van der Waals surface area contributed by atoms with Gasteiger partial charge in [-0.15, -0.1) is 0 Å². The van der Waals surface area contributed by atoms with Crippen LogP contribution in [0.4, 0.5) is 0 Å². The van der Waals surface area contributed by atoms with Gasteiger partial charge in [-0.05, 0) is 12.1 Å². The fraction of sp³-hybridized carbons (Fsp3) is 0. The van der Waals surface area contributed by atoms with Crippen LogP contribution in [0.3, 0.4) is 0 Å². The van der Waals surface area contributed by atoms with Crippen molar-refractivity contribution in [3.63, 3.8) is 0 Å². The number of carboxylic acids is 1. The van der Waals surface area contributed by atoms with Crippen LogP contribution in [-0.4, -0.2) is 72.4 Å². The van der Waals surface area contributed by atoms with Gasteiger partial charge in [0.15, 0.2) is 5.69 Å². The zero-order chi connectivity index (χ0) is 9.97. The fourth-order valence-electron chi connectivity index (χ4n) is 0.999. The molecule has 0 unspecified atom stereocenters. The maximum atomic E-state index is 10.5. The van der Waals surface area contributed by atoms with Gasteiger partial charge in [0.05, 0.1) is 0 Å². The average molecular weight is 230 g/mol. The molecule has 0 aliphatic rings. The Labute approximate surface area is 128 Å². The van der Waals surface area contributed by atoms with Crippen LogP contribution in [0.5, 0.6) is 0 Å². The van der Waals surface area contributed by atoms with Crippen LogP contribution in [0.1, 0.15) is 10.5 Å². The summed E-state index contributed by atoms with van der Waals surface area (Å²) in [5.74, 6) is -0.821. The Morgan fingerprint density at radius 3 is 2.53 bits per heavy atom. The number of carboxylic acid groups (broad SMARTS) is 1. The molecule has 5 nitrogen and oxygen atoms in total. The van der Waals surface area contributed by atoms with Crippen molar-refractivity contribution >= 4 is 57.4 Å². The standard InChI is InChI=1S/C9H6N2O3.K.H/c12-9(13)7-5-14-8(11-7)6-1-3-10-4-2-6;;/h1-5H,(H,12,13);;. The van der Waals surface area contributed by atoms with E-state index < -0.39 is 5.97 Å². The van der Waals surface area contributed by atoms with E-state index >= 15 is 0 Å². The summed E-state index contributed by atoms with van der Waals surface area (Å²) in [4.78, 5) is 18.1. The number of rotatable bonds is 2. The topological polar surface area (TPSA) is 76.2 Å². The van der Waals surface area contributed by atoms with Crippen molar-refractivity contribution in [3.8, 4) is 11.5 Å². The van der Waals surface area contributed by atoms with Crippen LogP contribution in [0, 0.1) is 0 Å². The van der Waals surface area contributed by atoms with Crippen molar-refractivity contribution in [1.29, 1.82) is 0 Å². The summed E-state index contributed by atoms with van der Waals surface area (Å²) in [6.07, 6.45) is 4.28. The van der Waals surface area contributed by atoms with Gasteiger partial charge in [-0.25, -0.2) is 9.78 Å². The van der Waals surface area contributed by atoms with E-state index in [1.807, 2.05) is 0 Å². The molecule has 0 atom stereocenters. The number of aromatic nitrogens is 2. The van der Waals surface area contributed by atoms with Crippen molar-refractivity contribution in [3.05, 3.63) is 36.5 Å². The first kappa shape index (κ1) is 12.5. The Morgan fingerprint density at radius 1 is 1.33 bits per heavy atom. The normalized spacial score (nSPS) is 9.33. The van der Waals surface area contributed by atoms with Gasteiger partial charge in [0.1, 0.15) is 6.26 Å². The summed E-state index contributed by atoms with van der Waals surface area (Å²) in [5, 5.41) is 8.61. The summed E-state index contributed by atoms with van der Waals surface area (Å²) in [6, 6.07) is 3.38. The predicted molar refractivity (Wildman–Crippen MR) is 53.8 cm³/mol. The van der Waals surface area contributed by atoms with E-state index in [9.17, 15) is 4.79 Å². The third-order valence-corrected chi connectivity index (χ3v) is 1.65. The molecule has 72 valence electrons. The SMILES string of the molecule is O=C(O)c1coc(-c2ccncc2)n1.[KH]. The molecule has 2 heterocycles. The van der Waals surface area contributed by atoms with E-state index in [1.165, 1.54) is 0 Å². The fourth-order valence-corrected chi connectivity index (χ4v) is 0.999. The van der Waals surface area contributed by atoms with E-state index in [0.717, 1.165) is 6.26 Å². The van der Waals surface area contributed by atoms with Crippen LogP contribution < -0.4 is 0 Å². The first-order valence-electron chi connectivity index (χ1n) is 3.86. The summed E-state index contributed by atoms with van der Waals surface area (Å²) in [7, 11) is 0. The number of carbonyl (C=O) groups is 1. The second-order valence-corrected chi connectivity index (χ2v) is 2.58. The molecule has 0 saturated carbocycles. The summed E-state index contributed by atoms with van der Waals surface area (Å²) < 4.78 is 4.99. The zero-order valence-electron chi connectivity index (χ0n) is 7.04. The maximum absolute atomic E-state index is 10.5. The Morgan fingerprint density at radius 2 is 2.00 bits per heavy atom. The van der Waals surface area contributed by atoms with Crippen molar-refractivity contribution < 1.29 is 14.3 Å². The zero-order valence-corrected chi connectivity index (χ0v) is 7.04. The molecular weight excluding hydrogens is 223 g/mol. The molecule has 0 aliphatic heterocycles. The molecule has 0 aliphatic carbocycles. The van der Waals surface area contributed by atoms with Crippen molar-refractivity contribution in [1.82, 2.24) is 9.97 Å². The first-order valence-corrected chi connectivity index (χ1v) is 3.86. The van der Waals surface area contributed by atoms with Gasteiger partial charge in [0.2, 0.25) is 5.89 Å². The van der Waals surface area contributed by atoms with Crippen molar-refractivity contribution in [2.45, 2.75) is 0 Å². The summed E-state index contributed by atoms with van der Waals surface area (Å²) in [5.41, 5.74) is 0.601. The van der Waals surface area contributed by atoms with Gasteiger partial charge in [0.25, 0.3) is 0 Å². The molecule has 15 heavy (non-hydrogen) atoms. The molecule has 2 aromatic rings. The minimum atomic E-state index is -1.10. The summed E-state index contributed by atoms with van der Waals surface area (Å²) >= 11 is 0. The van der Waals surface area contributed by atoms with Gasteiger partial charge in [-0.1, -0.05) is 0 Å². The van der Waals surface area contributed by atoms with Gasteiger partial charge in [0, 0.05) is 18.0 Å². The third kappa shape index (κ3) is 2.96. The summed E-state index contributed by atoms with van der Waals surface area (Å²) in [6.45, 7) is 0. The van der Waals surface area contributed by atoms with E-state index in [2.05, 4.69) is 9.97 Å². The quantitative estimate of drug-likeness (QED) is 0.772. The van der Waals surface area contributed by atoms with Crippen LogP contribution in [0.25, 0.3) is 11.5 Å². The van der Waals surface area contributed by atoms with Crippen LogP contribution in [-0.2, 0) is 0 Å². The van der Waals surface area contributed by atoms with Crippen molar-refractivity contribution in [2.24, 2.45) is 0 Å². The average Bonchev–Trinajstić information content (AvgIpc) is 2.68. The third-order valence-electron chi connectivity index (χ3n) is 1.65. The van der Waals surface area contributed by atoms with Crippen LogP contribution >= 0.6 is 0 Å². The van der Waals surface area contributed by atoms with Crippen molar-refractivity contribution in [2.75, 3.05) is 0 Å². The number of aromatic carboxylic acids is 1. The number of hydrogen-bond acceptors (Lipinski definition) is 4. The molecule has 0 saturated heterocycles. The first-order chi connectivity index (χ1) is 6.77. The molecule has 0 fully saturated rings. The van der Waals surface area contributed by atoms with Gasteiger partial charge >= 0.3 is 57.4 Å². The molecule has 6 heteroatoms. The molecule has 0 amide bonds.